The average Bonchev–Trinajstić information content (AvgIpc) is 2.60. The minimum atomic E-state index is -4.52. The Balaban J connectivity index is 1.92. The minimum absolute atomic E-state index is 0.214. The van der Waals surface area contributed by atoms with E-state index in [0.29, 0.717) is 30.7 Å². The van der Waals surface area contributed by atoms with E-state index in [1.165, 1.54) is 11.8 Å². The molecule has 1 aliphatic rings. The smallest absolute Gasteiger partial charge is 0.245 e. The second kappa shape index (κ2) is 7.49. The Morgan fingerprint density at radius 1 is 1.12 bits per heavy atom. The van der Waals surface area contributed by atoms with Gasteiger partial charge in [0.05, 0.1) is 11.1 Å². The fourth-order valence-electron chi connectivity index (χ4n) is 3.15. The highest BCUT2D eigenvalue weighted by molar-refractivity contribution is 7.99. The number of hydrogen-bond acceptors (Lipinski definition) is 3. The number of rotatable bonds is 4. The van der Waals surface area contributed by atoms with E-state index < -0.39 is 11.7 Å². The number of alkyl halides is 3. The maximum Gasteiger partial charge on any atom is 0.418 e. The van der Waals surface area contributed by atoms with Crippen LogP contribution in [0.5, 0.6) is 0 Å². The number of halogens is 3. The molecule has 3 rings (SSSR count). The van der Waals surface area contributed by atoms with E-state index in [2.05, 4.69) is 4.98 Å². The van der Waals surface area contributed by atoms with Gasteiger partial charge in [-0.1, -0.05) is 30.3 Å². The molecule has 2 nitrogen and oxygen atoms in total. The van der Waals surface area contributed by atoms with Crippen molar-refractivity contribution in [1.82, 2.24) is 4.98 Å². The van der Waals surface area contributed by atoms with Gasteiger partial charge in [-0.15, -0.1) is 11.8 Å². The minimum Gasteiger partial charge on any atom is -0.245 e. The highest BCUT2D eigenvalue weighted by atomic mass is 32.2. The van der Waals surface area contributed by atoms with Gasteiger partial charge in [0.1, 0.15) is 11.1 Å². The number of benzene rings is 1. The summed E-state index contributed by atoms with van der Waals surface area (Å²) in [6.45, 7) is 0. The lowest BCUT2D eigenvalue weighted by atomic mass is 9.90. The first-order valence-electron chi connectivity index (χ1n) is 8.20. The lowest BCUT2D eigenvalue weighted by Crippen LogP contribution is -2.19. The fraction of sp³-hybridized carbons (Fsp3) is 0.368. The molecule has 0 spiro atoms. The molecule has 0 unspecified atom stereocenters. The molecule has 0 aliphatic heterocycles. The molecule has 1 heterocycles. The molecule has 0 saturated carbocycles. The normalized spacial score (nSPS) is 14.0. The predicted octanol–water partition coefficient (Wildman–Crippen LogP) is 5.19. The quantitative estimate of drug-likeness (QED) is 0.703. The summed E-state index contributed by atoms with van der Waals surface area (Å²) in [4.78, 5) is 4.43. The van der Waals surface area contributed by atoms with Crippen LogP contribution in [0.4, 0.5) is 13.2 Å². The van der Waals surface area contributed by atoms with Crippen molar-refractivity contribution in [3.63, 3.8) is 0 Å². The second-order valence-corrected chi connectivity index (χ2v) is 7.08. The van der Waals surface area contributed by atoms with Crippen molar-refractivity contribution in [2.45, 2.75) is 43.3 Å². The summed E-state index contributed by atoms with van der Waals surface area (Å²) in [7, 11) is 0. The van der Waals surface area contributed by atoms with Crippen LogP contribution < -0.4 is 0 Å². The summed E-state index contributed by atoms with van der Waals surface area (Å²) >= 11 is 1.24. The van der Waals surface area contributed by atoms with E-state index in [1.54, 1.807) is 6.07 Å². The summed E-state index contributed by atoms with van der Waals surface area (Å²) in [6.07, 6.45) is -1.35. The van der Waals surface area contributed by atoms with Gasteiger partial charge in [-0.2, -0.15) is 18.4 Å². The van der Waals surface area contributed by atoms with Crippen molar-refractivity contribution in [3.8, 4) is 6.07 Å². The maximum absolute atomic E-state index is 13.6. The van der Waals surface area contributed by atoms with Gasteiger partial charge in [-0.05, 0) is 43.2 Å². The van der Waals surface area contributed by atoms with Crippen molar-refractivity contribution in [1.29, 1.82) is 5.26 Å². The molecule has 0 N–H and O–H groups in total. The number of nitriles is 1. The van der Waals surface area contributed by atoms with E-state index >= 15 is 0 Å². The molecule has 0 radical (unpaired) electrons. The van der Waals surface area contributed by atoms with Gasteiger partial charge in [0.2, 0.25) is 0 Å². The standard InChI is InChI=1S/C19H17F3N2S/c20-19(21,22)17-14-8-4-5-9-16(14)24-18(15(17)12-23)25-11-10-13-6-2-1-3-7-13/h1-3,6-7H,4-5,8-11H2. The number of aryl methyl sites for hydroxylation is 2. The zero-order valence-electron chi connectivity index (χ0n) is 13.6. The Hall–Kier alpha value is -2.00. The largest absolute Gasteiger partial charge is 0.418 e. The first-order valence-corrected chi connectivity index (χ1v) is 9.19. The third-order valence-corrected chi connectivity index (χ3v) is 5.29. The lowest BCUT2D eigenvalue weighted by molar-refractivity contribution is -0.138. The highest BCUT2D eigenvalue weighted by Gasteiger charge is 2.39. The molecule has 25 heavy (non-hydrogen) atoms. The number of hydrogen-bond donors (Lipinski definition) is 0. The van der Waals surface area contributed by atoms with Crippen LogP contribution in [0, 0.1) is 11.3 Å². The molecule has 0 saturated heterocycles. The molecule has 1 aromatic heterocycles. The first-order chi connectivity index (χ1) is 12.0. The molecular weight excluding hydrogens is 345 g/mol. The first kappa shape index (κ1) is 17.8. The molecule has 6 heteroatoms. The molecule has 0 atom stereocenters. The van der Waals surface area contributed by atoms with E-state index in [-0.39, 0.29) is 16.2 Å². The Morgan fingerprint density at radius 2 is 1.84 bits per heavy atom. The van der Waals surface area contributed by atoms with Gasteiger partial charge in [0.15, 0.2) is 0 Å². The van der Waals surface area contributed by atoms with Gasteiger partial charge >= 0.3 is 6.18 Å². The number of nitrogens with zero attached hydrogens (tertiary/aromatic N) is 2. The summed E-state index contributed by atoms with van der Waals surface area (Å²) in [5.74, 6) is 0.585. The van der Waals surface area contributed by atoms with Crippen molar-refractivity contribution in [3.05, 3.63) is 58.3 Å². The molecular formula is C19H17F3N2S. The summed E-state index contributed by atoms with van der Waals surface area (Å²) in [6, 6.07) is 11.5. The Morgan fingerprint density at radius 3 is 2.52 bits per heavy atom. The fourth-order valence-corrected chi connectivity index (χ4v) is 4.15. The summed E-state index contributed by atoms with van der Waals surface area (Å²) < 4.78 is 40.8. The zero-order valence-corrected chi connectivity index (χ0v) is 14.4. The van der Waals surface area contributed by atoms with Gasteiger partial charge < -0.3 is 0 Å². The predicted molar refractivity (Wildman–Crippen MR) is 91.5 cm³/mol. The monoisotopic (exact) mass is 362 g/mol. The van der Waals surface area contributed by atoms with Crippen molar-refractivity contribution in [2.75, 3.05) is 5.75 Å². The van der Waals surface area contributed by atoms with Gasteiger partial charge in [-0.25, -0.2) is 4.98 Å². The Labute approximate surface area is 149 Å². The van der Waals surface area contributed by atoms with Crippen LogP contribution in [0.15, 0.2) is 35.4 Å². The third kappa shape index (κ3) is 3.98. The summed E-state index contributed by atoms with van der Waals surface area (Å²) in [5, 5.41) is 9.59. The molecule has 2 aromatic rings. The second-order valence-electron chi connectivity index (χ2n) is 5.99. The van der Waals surface area contributed by atoms with Crippen LogP contribution in [-0.2, 0) is 25.4 Å². The van der Waals surface area contributed by atoms with Crippen LogP contribution in [0.1, 0.15) is 40.8 Å². The molecule has 0 fully saturated rings. The Kier molecular flexibility index (Phi) is 5.33. The van der Waals surface area contributed by atoms with E-state index in [9.17, 15) is 18.4 Å². The van der Waals surface area contributed by atoms with E-state index in [1.807, 2.05) is 30.3 Å². The number of fused-ring (bicyclic) bond motifs is 1. The van der Waals surface area contributed by atoms with Crippen molar-refractivity contribution >= 4 is 11.8 Å². The number of thioether (sulfide) groups is 1. The topological polar surface area (TPSA) is 36.7 Å². The van der Waals surface area contributed by atoms with Gasteiger partial charge in [-0.3, -0.25) is 0 Å². The zero-order chi connectivity index (χ0) is 17.9. The van der Waals surface area contributed by atoms with Crippen molar-refractivity contribution in [2.24, 2.45) is 0 Å². The summed E-state index contributed by atoms with van der Waals surface area (Å²) in [5.41, 5.74) is 0.776. The lowest BCUT2D eigenvalue weighted by Gasteiger charge is -2.22. The maximum atomic E-state index is 13.6. The average molecular weight is 362 g/mol. The third-order valence-electron chi connectivity index (χ3n) is 4.31. The number of pyridine rings is 1. The van der Waals surface area contributed by atoms with Crippen molar-refractivity contribution < 1.29 is 13.2 Å². The SMILES string of the molecule is N#Cc1c(SCCc2ccccc2)nc2c(c1C(F)(F)F)CCCC2. The van der Waals surface area contributed by atoms with Gasteiger partial charge in [0.25, 0.3) is 0 Å². The highest BCUT2D eigenvalue weighted by Crippen LogP contribution is 2.41. The van der Waals surface area contributed by atoms with Crippen LogP contribution in [0.2, 0.25) is 0 Å². The van der Waals surface area contributed by atoms with Gasteiger partial charge in [0, 0.05) is 11.4 Å². The van der Waals surface area contributed by atoms with E-state index in [0.717, 1.165) is 18.4 Å². The van der Waals surface area contributed by atoms with E-state index in [4.69, 9.17) is 0 Å². The number of aromatic nitrogens is 1. The van der Waals surface area contributed by atoms with Crippen LogP contribution in [0.25, 0.3) is 0 Å². The molecule has 130 valence electrons. The molecule has 0 amide bonds. The van der Waals surface area contributed by atoms with Crippen LogP contribution >= 0.6 is 11.8 Å². The van der Waals surface area contributed by atoms with Crippen LogP contribution in [-0.4, -0.2) is 10.7 Å². The Bertz CT molecular complexity index is 795. The molecule has 0 bridgehead atoms. The molecule has 1 aromatic carbocycles. The van der Waals surface area contributed by atoms with Crippen LogP contribution in [0.3, 0.4) is 0 Å². The molecule has 1 aliphatic carbocycles.